The molecule has 0 aromatic rings. The second-order valence-electron chi connectivity index (χ2n) is 21.0. The van der Waals surface area contributed by atoms with Crippen LogP contribution in [0.4, 0.5) is 0 Å². The number of ether oxygens (including phenoxy) is 1. The Morgan fingerprint density at radius 2 is 1.67 bits per heavy atom. The molecule has 2 unspecified atom stereocenters. The maximum absolute atomic E-state index is 13.6. The number of fused-ring (bicyclic) bond motifs is 5. The molecule has 0 radical (unpaired) electrons. The Morgan fingerprint density at radius 3 is 2.36 bits per heavy atom. The van der Waals surface area contributed by atoms with Gasteiger partial charge in [-0.1, -0.05) is 79.4 Å². The normalized spacial score (nSPS) is 30.7. The number of hydrogen-bond donors (Lipinski definition) is 4. The first-order valence-corrected chi connectivity index (χ1v) is 24.7. The van der Waals surface area contributed by atoms with Gasteiger partial charge in [0, 0.05) is 44.1 Å². The van der Waals surface area contributed by atoms with Crippen molar-refractivity contribution in [1.29, 1.82) is 0 Å². The van der Waals surface area contributed by atoms with E-state index < -0.39 is 0 Å². The summed E-state index contributed by atoms with van der Waals surface area (Å²) in [6.45, 7) is 22.4. The minimum absolute atomic E-state index is 0.0284. The van der Waals surface area contributed by atoms with Crippen molar-refractivity contribution in [1.82, 2.24) is 15.5 Å². The van der Waals surface area contributed by atoms with E-state index in [2.05, 4.69) is 65.2 Å². The van der Waals surface area contributed by atoms with Gasteiger partial charge in [0.2, 0.25) is 5.91 Å². The maximum Gasteiger partial charge on any atom is 0.306 e. The summed E-state index contributed by atoms with van der Waals surface area (Å²) in [4.78, 5) is 28.9. The molecule has 3 saturated carbocycles. The van der Waals surface area contributed by atoms with Gasteiger partial charge in [-0.25, -0.2) is 0 Å². The number of nitrogens with two attached hydrogens (primary N) is 2. The van der Waals surface area contributed by atoms with E-state index >= 15 is 0 Å². The van der Waals surface area contributed by atoms with E-state index in [9.17, 15) is 9.59 Å². The van der Waals surface area contributed by atoms with Gasteiger partial charge in [-0.2, -0.15) is 0 Å². The number of nitrogens with one attached hydrogen (secondary N) is 2. The zero-order valence-corrected chi connectivity index (χ0v) is 39.2. The highest BCUT2D eigenvalue weighted by Crippen LogP contribution is 2.67. The van der Waals surface area contributed by atoms with Crippen LogP contribution in [0.1, 0.15) is 184 Å². The summed E-state index contributed by atoms with van der Waals surface area (Å²) in [5, 5.41) is 6.87. The zero-order valence-electron chi connectivity index (χ0n) is 39.2. The fraction of sp³-hybridized carbons (Fsp3) is 0.920. The number of nitrogens with zero attached hydrogens (tertiary/aromatic N) is 1. The van der Waals surface area contributed by atoms with Crippen molar-refractivity contribution < 1.29 is 14.3 Å². The van der Waals surface area contributed by atoms with Crippen LogP contribution in [0, 0.1) is 52.3 Å². The third kappa shape index (κ3) is 13.3. The SMILES string of the molecule is CCC[C@H](CC(N)CCN(CCCCNCCC(C)N)C(=O)CCC(=O)O[C@H]1CC[C@@]2(C)C(=CC[C@H]3[C@@H]4CC[C@H]([C@H](C)CC[C@@H](CC)C(C)C)[C@@]4(C)CC[C@@H]32)C1)NC. The molecule has 3 fully saturated rings. The third-order valence-electron chi connectivity index (χ3n) is 16.7. The summed E-state index contributed by atoms with van der Waals surface area (Å²) in [5.74, 6) is 5.55. The summed E-state index contributed by atoms with van der Waals surface area (Å²) >= 11 is 0. The third-order valence-corrected chi connectivity index (χ3v) is 16.7. The van der Waals surface area contributed by atoms with Crippen molar-refractivity contribution >= 4 is 11.9 Å². The van der Waals surface area contributed by atoms with E-state index in [4.69, 9.17) is 16.2 Å². The number of allylic oxidation sites excluding steroid dienone is 1. The fourth-order valence-corrected chi connectivity index (χ4v) is 12.9. The van der Waals surface area contributed by atoms with Crippen LogP contribution in [-0.4, -0.2) is 74.2 Å². The summed E-state index contributed by atoms with van der Waals surface area (Å²) in [5.41, 5.74) is 14.7. The predicted octanol–water partition coefficient (Wildman–Crippen LogP) is 9.79. The van der Waals surface area contributed by atoms with Crippen LogP contribution in [0.3, 0.4) is 0 Å². The number of esters is 1. The highest BCUT2D eigenvalue weighted by Gasteiger charge is 2.59. The lowest BCUT2D eigenvalue weighted by Crippen LogP contribution is -2.51. The number of carbonyl (C=O) groups excluding carboxylic acids is 2. The van der Waals surface area contributed by atoms with Crippen LogP contribution >= 0.6 is 0 Å². The van der Waals surface area contributed by atoms with E-state index in [0.717, 1.165) is 119 Å². The summed E-state index contributed by atoms with van der Waals surface area (Å²) in [7, 11) is 2.00. The van der Waals surface area contributed by atoms with Gasteiger partial charge in [-0.05, 0) is 169 Å². The quantitative estimate of drug-likeness (QED) is 0.0390. The van der Waals surface area contributed by atoms with Gasteiger partial charge in [0.15, 0.2) is 0 Å². The van der Waals surface area contributed by atoms with Crippen molar-refractivity contribution in [2.45, 2.75) is 208 Å². The van der Waals surface area contributed by atoms with Crippen LogP contribution in [-0.2, 0) is 14.3 Å². The average Bonchev–Trinajstić information content (AvgIpc) is 3.54. The van der Waals surface area contributed by atoms with Gasteiger partial charge < -0.3 is 31.7 Å². The van der Waals surface area contributed by atoms with Gasteiger partial charge in [-0.15, -0.1) is 0 Å². The molecule has 0 saturated heterocycles. The van der Waals surface area contributed by atoms with Crippen molar-refractivity contribution in [3.63, 3.8) is 0 Å². The molecule has 8 heteroatoms. The van der Waals surface area contributed by atoms with Crippen LogP contribution in [0.2, 0.25) is 0 Å². The molecule has 0 aromatic heterocycles. The molecule has 0 aromatic carbocycles. The monoisotopic (exact) mass is 812 g/mol. The molecular weight excluding hydrogens is 719 g/mol. The largest absolute Gasteiger partial charge is 0.462 e. The van der Waals surface area contributed by atoms with Crippen molar-refractivity contribution in [2.75, 3.05) is 33.2 Å². The topological polar surface area (TPSA) is 123 Å². The zero-order chi connectivity index (χ0) is 42.5. The Kier molecular flexibility index (Phi) is 20.1. The van der Waals surface area contributed by atoms with E-state index in [1.807, 2.05) is 18.9 Å². The maximum atomic E-state index is 13.6. The molecule has 4 aliphatic carbocycles. The molecule has 1 amide bonds. The minimum Gasteiger partial charge on any atom is -0.462 e. The van der Waals surface area contributed by atoms with Crippen molar-refractivity contribution in [3.8, 4) is 0 Å². The fourth-order valence-electron chi connectivity index (χ4n) is 12.9. The van der Waals surface area contributed by atoms with Crippen LogP contribution < -0.4 is 22.1 Å². The van der Waals surface area contributed by atoms with E-state index in [0.29, 0.717) is 24.5 Å². The molecule has 0 aliphatic heterocycles. The number of unbranched alkanes of at least 4 members (excludes halogenated alkanes) is 1. The summed E-state index contributed by atoms with van der Waals surface area (Å²) in [6.07, 6.45) is 23.4. The van der Waals surface area contributed by atoms with Gasteiger partial charge >= 0.3 is 5.97 Å². The van der Waals surface area contributed by atoms with Gasteiger partial charge in [0.25, 0.3) is 0 Å². The Balaban J connectivity index is 1.27. The first-order valence-electron chi connectivity index (χ1n) is 24.7. The number of hydrogen-bond acceptors (Lipinski definition) is 7. The highest BCUT2D eigenvalue weighted by atomic mass is 16.5. The Bertz CT molecular complexity index is 1270. The second-order valence-corrected chi connectivity index (χ2v) is 21.0. The summed E-state index contributed by atoms with van der Waals surface area (Å²) < 4.78 is 6.18. The number of rotatable bonds is 26. The molecule has 8 nitrogen and oxygen atoms in total. The molecule has 0 heterocycles. The lowest BCUT2D eigenvalue weighted by atomic mass is 9.47. The molecule has 336 valence electrons. The molecule has 58 heavy (non-hydrogen) atoms. The van der Waals surface area contributed by atoms with Gasteiger partial charge in [0.1, 0.15) is 6.10 Å². The average molecular weight is 812 g/mol. The second kappa shape index (κ2) is 23.7. The first kappa shape index (κ1) is 49.2. The lowest BCUT2D eigenvalue weighted by molar-refractivity contribution is -0.153. The van der Waals surface area contributed by atoms with Crippen LogP contribution in [0.15, 0.2) is 11.6 Å². The van der Waals surface area contributed by atoms with Crippen molar-refractivity contribution in [2.24, 2.45) is 63.7 Å². The molecule has 12 atom stereocenters. The first-order chi connectivity index (χ1) is 27.7. The highest BCUT2D eigenvalue weighted by molar-refractivity contribution is 5.81. The lowest BCUT2D eigenvalue weighted by Gasteiger charge is -2.58. The molecule has 6 N–H and O–H groups in total. The molecule has 4 aliphatic rings. The van der Waals surface area contributed by atoms with Crippen LogP contribution in [0.25, 0.3) is 0 Å². The molecule has 0 spiro atoms. The predicted molar refractivity (Wildman–Crippen MR) is 243 cm³/mol. The molecule has 0 bridgehead atoms. The smallest absolute Gasteiger partial charge is 0.306 e. The van der Waals surface area contributed by atoms with Crippen molar-refractivity contribution in [3.05, 3.63) is 11.6 Å². The van der Waals surface area contributed by atoms with E-state index in [1.165, 1.54) is 51.4 Å². The number of carbonyl (C=O) groups is 2. The molecule has 4 rings (SSSR count). The Hall–Kier alpha value is -1.48. The minimum atomic E-state index is -0.221. The number of amides is 1. The summed E-state index contributed by atoms with van der Waals surface area (Å²) in [6, 6.07) is 0.628. The van der Waals surface area contributed by atoms with Gasteiger partial charge in [0.05, 0.1) is 6.42 Å². The van der Waals surface area contributed by atoms with Gasteiger partial charge in [-0.3, -0.25) is 9.59 Å². The van der Waals surface area contributed by atoms with E-state index in [1.54, 1.807) is 5.57 Å². The Morgan fingerprint density at radius 1 is 0.897 bits per heavy atom. The van der Waals surface area contributed by atoms with Crippen LogP contribution in [0.5, 0.6) is 0 Å². The Labute approximate surface area is 357 Å². The standard InChI is InChI=1S/C50H93N5O3/c1-10-14-41(53-9)34-40(52)26-32-55(31-13-12-29-54-30-25-37(6)51)47(56)21-22-48(57)58-42-23-27-49(7)39(33-42)17-18-43-45-20-19-44(50(45,8)28-24-46(43)49)36(5)15-16-38(11-2)35(3)4/h17,35-38,40-46,53-54H,10-16,18-34,51-52H2,1-9H3/t36-,37?,38-,40?,41-,42+,43+,44-,45+,46+,49+,50-/m1/s1. The molecular formula is C50H93N5O3. The van der Waals surface area contributed by atoms with E-state index in [-0.39, 0.29) is 48.3 Å².